The largest absolute Gasteiger partial charge is 0.490 e. The molecule has 5 heteroatoms. The van der Waals surface area contributed by atoms with Gasteiger partial charge in [0.05, 0.1) is 13.2 Å². The van der Waals surface area contributed by atoms with Gasteiger partial charge in [0, 0.05) is 29.1 Å². The van der Waals surface area contributed by atoms with Gasteiger partial charge in [-0.15, -0.1) is 0 Å². The van der Waals surface area contributed by atoms with Crippen molar-refractivity contribution in [2.45, 2.75) is 19.3 Å². The summed E-state index contributed by atoms with van der Waals surface area (Å²) in [7, 11) is 0. The molecule has 3 rings (SSSR count). The molecule has 2 aromatic carbocycles. The third kappa shape index (κ3) is 4.48. The Bertz CT molecular complexity index is 702. The van der Waals surface area contributed by atoms with E-state index >= 15 is 0 Å². The van der Waals surface area contributed by atoms with E-state index in [1.807, 2.05) is 42.5 Å². The van der Waals surface area contributed by atoms with E-state index in [1.54, 1.807) is 0 Å². The molecule has 0 fully saturated rings. The van der Waals surface area contributed by atoms with Crippen molar-refractivity contribution >= 4 is 27.5 Å². The maximum absolute atomic E-state index is 12.1. The molecule has 0 atom stereocenters. The predicted octanol–water partition coefficient (Wildman–Crippen LogP) is 4.18. The lowest BCUT2D eigenvalue weighted by molar-refractivity contribution is -0.116. The maximum atomic E-state index is 12.1. The number of benzene rings is 2. The van der Waals surface area contributed by atoms with Crippen molar-refractivity contribution in [3.05, 3.63) is 52.5 Å². The number of hydrogen-bond donors (Lipinski definition) is 1. The minimum absolute atomic E-state index is 0.0144. The summed E-state index contributed by atoms with van der Waals surface area (Å²) in [6, 6.07) is 13.5. The van der Waals surface area contributed by atoms with Crippen molar-refractivity contribution in [2.24, 2.45) is 0 Å². The van der Waals surface area contributed by atoms with E-state index in [0.29, 0.717) is 31.8 Å². The first-order valence-electron chi connectivity index (χ1n) is 7.65. The molecular weight excluding hydrogens is 358 g/mol. The van der Waals surface area contributed by atoms with Crippen molar-refractivity contribution in [1.82, 2.24) is 0 Å². The monoisotopic (exact) mass is 375 g/mol. The van der Waals surface area contributed by atoms with E-state index in [9.17, 15) is 4.79 Å². The van der Waals surface area contributed by atoms with E-state index in [0.717, 1.165) is 27.9 Å². The van der Waals surface area contributed by atoms with E-state index in [1.165, 1.54) is 0 Å². The van der Waals surface area contributed by atoms with Crippen LogP contribution in [0.15, 0.2) is 46.9 Å². The number of ether oxygens (including phenoxy) is 2. The zero-order valence-corrected chi connectivity index (χ0v) is 14.3. The number of rotatable bonds is 4. The fourth-order valence-corrected chi connectivity index (χ4v) is 2.86. The maximum Gasteiger partial charge on any atom is 0.224 e. The summed E-state index contributed by atoms with van der Waals surface area (Å²) in [5.41, 5.74) is 1.86. The Hall–Kier alpha value is -2.01. The van der Waals surface area contributed by atoms with E-state index < -0.39 is 0 Å². The molecule has 0 spiro atoms. The number of hydrogen-bond acceptors (Lipinski definition) is 3. The fraction of sp³-hybridized carbons (Fsp3) is 0.278. The van der Waals surface area contributed by atoms with Crippen LogP contribution in [0.2, 0.25) is 0 Å². The van der Waals surface area contributed by atoms with E-state index in [4.69, 9.17) is 9.47 Å². The second kappa shape index (κ2) is 7.51. The summed E-state index contributed by atoms with van der Waals surface area (Å²) in [5, 5.41) is 2.91. The number of nitrogens with one attached hydrogen (secondary N) is 1. The lowest BCUT2D eigenvalue weighted by atomic mass is 10.1. The second-order valence-corrected chi connectivity index (χ2v) is 6.31. The van der Waals surface area contributed by atoms with Crippen LogP contribution in [0.3, 0.4) is 0 Å². The average Bonchev–Trinajstić information content (AvgIpc) is 2.78. The highest BCUT2D eigenvalue weighted by molar-refractivity contribution is 9.10. The van der Waals surface area contributed by atoms with Gasteiger partial charge in [-0.1, -0.05) is 28.1 Å². The highest BCUT2D eigenvalue weighted by atomic mass is 79.9. The van der Waals surface area contributed by atoms with Crippen molar-refractivity contribution in [2.75, 3.05) is 18.5 Å². The smallest absolute Gasteiger partial charge is 0.224 e. The SMILES string of the molecule is O=C(CCc1cccc(Br)c1)Nc1ccc2c(c1)OCCCO2. The first-order chi connectivity index (χ1) is 11.2. The summed E-state index contributed by atoms with van der Waals surface area (Å²) in [6.07, 6.45) is 2.00. The van der Waals surface area contributed by atoms with Crippen molar-refractivity contribution in [3.63, 3.8) is 0 Å². The van der Waals surface area contributed by atoms with Gasteiger partial charge in [0.15, 0.2) is 11.5 Å². The Balaban J connectivity index is 1.58. The van der Waals surface area contributed by atoms with Gasteiger partial charge in [0.1, 0.15) is 0 Å². The van der Waals surface area contributed by atoms with Crippen LogP contribution in [0.25, 0.3) is 0 Å². The molecular formula is C18H18BrNO3. The quantitative estimate of drug-likeness (QED) is 0.871. The van der Waals surface area contributed by atoms with Gasteiger partial charge in [-0.05, 0) is 36.2 Å². The molecule has 0 bridgehead atoms. The van der Waals surface area contributed by atoms with Crippen LogP contribution in [-0.4, -0.2) is 19.1 Å². The molecule has 0 aromatic heterocycles. The Labute approximate surface area is 143 Å². The Morgan fingerprint density at radius 3 is 2.74 bits per heavy atom. The van der Waals surface area contributed by atoms with Crippen molar-refractivity contribution in [3.8, 4) is 11.5 Å². The predicted molar refractivity (Wildman–Crippen MR) is 93.1 cm³/mol. The van der Waals surface area contributed by atoms with Gasteiger partial charge in [0.25, 0.3) is 0 Å². The standard InChI is InChI=1S/C18H18BrNO3/c19-14-4-1-3-13(11-14)5-8-18(21)20-15-6-7-16-17(12-15)23-10-2-9-22-16/h1,3-4,6-7,11-12H,2,5,8-10H2,(H,20,21). The van der Waals surface area contributed by atoms with Gasteiger partial charge in [-0.25, -0.2) is 0 Å². The number of carbonyl (C=O) groups is 1. The summed E-state index contributed by atoms with van der Waals surface area (Å²) in [4.78, 5) is 12.1. The van der Waals surface area contributed by atoms with Crippen LogP contribution in [0.4, 0.5) is 5.69 Å². The Morgan fingerprint density at radius 1 is 1.09 bits per heavy atom. The van der Waals surface area contributed by atoms with Gasteiger partial charge in [-0.2, -0.15) is 0 Å². The summed E-state index contributed by atoms with van der Waals surface area (Å²) < 4.78 is 12.2. The first-order valence-corrected chi connectivity index (χ1v) is 8.44. The molecule has 4 nitrogen and oxygen atoms in total. The van der Waals surface area contributed by atoms with Gasteiger partial charge < -0.3 is 14.8 Å². The highest BCUT2D eigenvalue weighted by Gasteiger charge is 2.12. The third-order valence-electron chi connectivity index (χ3n) is 3.56. The molecule has 0 unspecified atom stereocenters. The highest BCUT2D eigenvalue weighted by Crippen LogP contribution is 2.32. The molecule has 1 amide bonds. The summed E-state index contributed by atoms with van der Waals surface area (Å²) in [6.45, 7) is 1.29. The zero-order valence-electron chi connectivity index (χ0n) is 12.7. The van der Waals surface area contributed by atoms with Crippen molar-refractivity contribution in [1.29, 1.82) is 0 Å². The number of amides is 1. The van der Waals surface area contributed by atoms with Crippen LogP contribution in [0.5, 0.6) is 11.5 Å². The van der Waals surface area contributed by atoms with E-state index in [2.05, 4.69) is 21.2 Å². The number of carbonyl (C=O) groups excluding carboxylic acids is 1. The lowest BCUT2D eigenvalue weighted by Gasteiger charge is -2.10. The van der Waals surface area contributed by atoms with E-state index in [-0.39, 0.29) is 5.91 Å². The van der Waals surface area contributed by atoms with Gasteiger partial charge in [-0.3, -0.25) is 4.79 Å². The Morgan fingerprint density at radius 2 is 1.91 bits per heavy atom. The second-order valence-electron chi connectivity index (χ2n) is 5.39. The molecule has 0 radical (unpaired) electrons. The minimum atomic E-state index is -0.0144. The van der Waals surface area contributed by atoms with Crippen molar-refractivity contribution < 1.29 is 14.3 Å². The minimum Gasteiger partial charge on any atom is -0.490 e. The van der Waals surface area contributed by atoms with Crippen LogP contribution < -0.4 is 14.8 Å². The topological polar surface area (TPSA) is 47.6 Å². The molecule has 1 N–H and O–H groups in total. The molecule has 120 valence electrons. The number of halogens is 1. The summed E-state index contributed by atoms with van der Waals surface area (Å²) in [5.74, 6) is 1.40. The fourth-order valence-electron chi connectivity index (χ4n) is 2.41. The molecule has 0 saturated carbocycles. The zero-order chi connectivity index (χ0) is 16.1. The molecule has 1 aliphatic rings. The number of anilines is 1. The average molecular weight is 376 g/mol. The van der Waals surface area contributed by atoms with Crippen LogP contribution in [-0.2, 0) is 11.2 Å². The molecule has 23 heavy (non-hydrogen) atoms. The molecule has 0 aliphatic carbocycles. The molecule has 0 saturated heterocycles. The summed E-state index contributed by atoms with van der Waals surface area (Å²) >= 11 is 3.44. The third-order valence-corrected chi connectivity index (χ3v) is 4.05. The normalized spacial score (nSPS) is 13.3. The van der Waals surface area contributed by atoms with Gasteiger partial charge in [0.2, 0.25) is 5.91 Å². The van der Waals surface area contributed by atoms with Crippen LogP contribution >= 0.6 is 15.9 Å². The number of aryl methyl sites for hydroxylation is 1. The lowest BCUT2D eigenvalue weighted by Crippen LogP contribution is -2.12. The Kier molecular flexibility index (Phi) is 5.18. The molecule has 2 aromatic rings. The van der Waals surface area contributed by atoms with Crippen LogP contribution in [0, 0.1) is 0 Å². The number of fused-ring (bicyclic) bond motifs is 1. The van der Waals surface area contributed by atoms with Gasteiger partial charge >= 0.3 is 0 Å². The molecule has 1 heterocycles. The molecule has 1 aliphatic heterocycles. The van der Waals surface area contributed by atoms with Crippen LogP contribution in [0.1, 0.15) is 18.4 Å². The first kappa shape index (κ1) is 15.9.